The SMILES string of the molecule is Nc1c(Br)cc2cnc(Cl)cc2c1[N+](=O)[O-]. The third-order valence-corrected chi connectivity index (χ3v) is 3.00. The van der Waals surface area contributed by atoms with E-state index < -0.39 is 4.92 Å². The molecule has 0 saturated carbocycles. The van der Waals surface area contributed by atoms with Crippen molar-refractivity contribution < 1.29 is 4.92 Å². The normalized spacial score (nSPS) is 10.6. The molecule has 0 aliphatic heterocycles. The summed E-state index contributed by atoms with van der Waals surface area (Å²) in [4.78, 5) is 14.3. The number of halogens is 2. The van der Waals surface area contributed by atoms with E-state index in [0.717, 1.165) is 0 Å². The molecule has 0 fully saturated rings. The average molecular weight is 303 g/mol. The summed E-state index contributed by atoms with van der Waals surface area (Å²) in [6, 6.07) is 3.10. The summed E-state index contributed by atoms with van der Waals surface area (Å²) in [5.41, 5.74) is 5.57. The van der Waals surface area contributed by atoms with Crippen molar-refractivity contribution in [2.45, 2.75) is 0 Å². The van der Waals surface area contributed by atoms with Crippen LogP contribution in [0.2, 0.25) is 5.15 Å². The number of benzene rings is 1. The fourth-order valence-corrected chi connectivity index (χ4v) is 2.02. The van der Waals surface area contributed by atoms with Crippen LogP contribution in [0.25, 0.3) is 10.8 Å². The van der Waals surface area contributed by atoms with Gasteiger partial charge in [-0.05, 0) is 28.1 Å². The second kappa shape index (κ2) is 3.88. The van der Waals surface area contributed by atoms with Crippen molar-refractivity contribution in [2.75, 3.05) is 5.73 Å². The summed E-state index contributed by atoms with van der Waals surface area (Å²) in [7, 11) is 0. The number of anilines is 1. The summed E-state index contributed by atoms with van der Waals surface area (Å²) < 4.78 is 0.468. The number of nitrogens with zero attached hydrogens (tertiary/aromatic N) is 2. The quantitative estimate of drug-likeness (QED) is 0.380. The van der Waals surface area contributed by atoms with Crippen LogP contribution < -0.4 is 5.73 Å². The van der Waals surface area contributed by atoms with Crippen molar-refractivity contribution in [2.24, 2.45) is 0 Å². The second-order valence-electron chi connectivity index (χ2n) is 3.11. The van der Waals surface area contributed by atoms with Crippen LogP contribution in [0.1, 0.15) is 0 Å². The summed E-state index contributed by atoms with van der Waals surface area (Å²) in [5, 5.41) is 12.1. The molecule has 16 heavy (non-hydrogen) atoms. The van der Waals surface area contributed by atoms with Gasteiger partial charge in [-0.3, -0.25) is 10.1 Å². The highest BCUT2D eigenvalue weighted by molar-refractivity contribution is 9.10. The van der Waals surface area contributed by atoms with E-state index in [2.05, 4.69) is 20.9 Å². The third-order valence-electron chi connectivity index (χ3n) is 2.13. The summed E-state index contributed by atoms with van der Waals surface area (Å²) in [5.74, 6) is 0. The highest BCUT2D eigenvalue weighted by Crippen LogP contribution is 2.37. The Bertz CT molecular complexity index is 603. The minimum Gasteiger partial charge on any atom is -0.392 e. The number of rotatable bonds is 1. The van der Waals surface area contributed by atoms with Crippen LogP contribution in [-0.4, -0.2) is 9.91 Å². The number of nitrogen functional groups attached to an aromatic ring is 1. The van der Waals surface area contributed by atoms with Gasteiger partial charge in [-0.1, -0.05) is 11.6 Å². The van der Waals surface area contributed by atoms with E-state index in [4.69, 9.17) is 17.3 Å². The number of aromatic nitrogens is 1. The molecule has 0 saturated heterocycles. The Labute approximate surface area is 103 Å². The zero-order valence-electron chi connectivity index (χ0n) is 7.78. The molecule has 0 unspecified atom stereocenters. The molecule has 2 rings (SSSR count). The monoisotopic (exact) mass is 301 g/mol. The summed E-state index contributed by atoms with van der Waals surface area (Å²) >= 11 is 8.86. The Kier molecular flexibility index (Phi) is 2.69. The molecule has 0 spiro atoms. The number of nitrogens with two attached hydrogens (primary N) is 1. The first-order valence-corrected chi connectivity index (χ1v) is 5.35. The topological polar surface area (TPSA) is 82.0 Å². The van der Waals surface area contributed by atoms with Gasteiger partial charge in [0.05, 0.1) is 10.3 Å². The maximum Gasteiger partial charge on any atom is 0.301 e. The molecule has 0 amide bonds. The first-order chi connectivity index (χ1) is 7.50. The van der Waals surface area contributed by atoms with Crippen LogP contribution in [0.3, 0.4) is 0 Å². The van der Waals surface area contributed by atoms with Crippen LogP contribution in [0, 0.1) is 10.1 Å². The zero-order valence-corrected chi connectivity index (χ0v) is 10.1. The summed E-state index contributed by atoms with van der Waals surface area (Å²) in [6.45, 7) is 0. The molecule has 1 aromatic heterocycles. The lowest BCUT2D eigenvalue weighted by atomic mass is 10.1. The van der Waals surface area contributed by atoms with E-state index >= 15 is 0 Å². The molecule has 1 aromatic carbocycles. The molecule has 1 heterocycles. The molecule has 0 aliphatic carbocycles. The van der Waals surface area contributed by atoms with Gasteiger partial charge in [0, 0.05) is 16.1 Å². The number of hydrogen-bond acceptors (Lipinski definition) is 4. The minimum atomic E-state index is -0.529. The minimum absolute atomic E-state index is 0.0831. The predicted octanol–water partition coefficient (Wildman–Crippen LogP) is 3.14. The van der Waals surface area contributed by atoms with Crippen molar-refractivity contribution >= 4 is 49.7 Å². The number of pyridine rings is 1. The molecule has 7 heteroatoms. The van der Waals surface area contributed by atoms with E-state index in [0.29, 0.717) is 15.2 Å². The highest BCUT2D eigenvalue weighted by Gasteiger charge is 2.19. The third kappa shape index (κ3) is 1.70. The Morgan fingerprint density at radius 3 is 2.81 bits per heavy atom. The highest BCUT2D eigenvalue weighted by atomic mass is 79.9. The van der Waals surface area contributed by atoms with Gasteiger partial charge in [0.1, 0.15) is 10.8 Å². The van der Waals surface area contributed by atoms with Crippen LogP contribution in [-0.2, 0) is 0 Å². The van der Waals surface area contributed by atoms with Gasteiger partial charge in [-0.2, -0.15) is 0 Å². The van der Waals surface area contributed by atoms with Gasteiger partial charge in [0.15, 0.2) is 0 Å². The number of hydrogen-bond donors (Lipinski definition) is 1. The Morgan fingerprint density at radius 1 is 1.50 bits per heavy atom. The fraction of sp³-hybridized carbons (Fsp3) is 0. The van der Waals surface area contributed by atoms with Crippen LogP contribution >= 0.6 is 27.5 Å². The second-order valence-corrected chi connectivity index (χ2v) is 4.35. The lowest BCUT2D eigenvalue weighted by Gasteiger charge is -2.04. The van der Waals surface area contributed by atoms with Gasteiger partial charge < -0.3 is 5.73 Å². The lowest BCUT2D eigenvalue weighted by Crippen LogP contribution is -1.98. The first-order valence-electron chi connectivity index (χ1n) is 4.18. The molecule has 2 aromatic rings. The molecule has 82 valence electrons. The molecule has 5 nitrogen and oxygen atoms in total. The molecular formula is C9H5BrClN3O2. The van der Waals surface area contributed by atoms with Crippen molar-refractivity contribution in [1.29, 1.82) is 0 Å². The van der Waals surface area contributed by atoms with Gasteiger partial charge in [-0.15, -0.1) is 0 Å². The maximum atomic E-state index is 10.9. The first kappa shape index (κ1) is 11.1. The smallest absolute Gasteiger partial charge is 0.301 e. The average Bonchev–Trinajstić information content (AvgIpc) is 2.20. The van der Waals surface area contributed by atoms with Gasteiger partial charge in [0.2, 0.25) is 0 Å². The van der Waals surface area contributed by atoms with E-state index in [1.165, 1.54) is 12.3 Å². The Morgan fingerprint density at radius 2 is 2.19 bits per heavy atom. The van der Waals surface area contributed by atoms with Crippen molar-refractivity contribution in [3.63, 3.8) is 0 Å². The Hall–Kier alpha value is -1.40. The van der Waals surface area contributed by atoms with E-state index in [1.54, 1.807) is 6.07 Å². The van der Waals surface area contributed by atoms with Gasteiger partial charge in [-0.25, -0.2) is 4.98 Å². The standard InChI is InChI=1S/C9H5BrClN3O2/c10-6-1-4-3-13-7(11)2-5(4)9(8(6)12)14(15)16/h1-3H,12H2. The van der Waals surface area contributed by atoms with E-state index in [9.17, 15) is 10.1 Å². The van der Waals surface area contributed by atoms with Crippen molar-refractivity contribution in [3.8, 4) is 0 Å². The van der Waals surface area contributed by atoms with Crippen LogP contribution in [0.4, 0.5) is 11.4 Å². The lowest BCUT2D eigenvalue weighted by molar-refractivity contribution is -0.382. The maximum absolute atomic E-state index is 10.9. The molecule has 0 aliphatic rings. The van der Waals surface area contributed by atoms with E-state index in [1.807, 2.05) is 0 Å². The molecular weight excluding hydrogens is 297 g/mol. The largest absolute Gasteiger partial charge is 0.392 e. The van der Waals surface area contributed by atoms with Gasteiger partial charge >= 0.3 is 5.69 Å². The molecule has 0 radical (unpaired) electrons. The molecule has 2 N–H and O–H groups in total. The zero-order chi connectivity index (χ0) is 11.9. The number of fused-ring (bicyclic) bond motifs is 1. The fourth-order valence-electron chi connectivity index (χ4n) is 1.43. The molecule has 0 bridgehead atoms. The van der Waals surface area contributed by atoms with Crippen molar-refractivity contribution in [1.82, 2.24) is 4.98 Å². The van der Waals surface area contributed by atoms with Crippen LogP contribution in [0.15, 0.2) is 22.8 Å². The number of nitro groups is 1. The Balaban J connectivity index is 2.96. The van der Waals surface area contributed by atoms with E-state index in [-0.39, 0.29) is 16.5 Å². The van der Waals surface area contributed by atoms with Gasteiger partial charge in [0.25, 0.3) is 0 Å². The molecule has 0 atom stereocenters. The van der Waals surface area contributed by atoms with Crippen LogP contribution in [0.5, 0.6) is 0 Å². The van der Waals surface area contributed by atoms with Crippen molar-refractivity contribution in [3.05, 3.63) is 38.1 Å². The summed E-state index contributed by atoms with van der Waals surface area (Å²) in [6.07, 6.45) is 1.47. The number of nitro benzene ring substituents is 1. The predicted molar refractivity (Wildman–Crippen MR) is 65.5 cm³/mol.